The lowest BCUT2D eigenvalue weighted by Crippen LogP contribution is -2.40. The molecule has 1 aliphatic heterocycles. The first-order chi connectivity index (χ1) is 16.0. The highest BCUT2D eigenvalue weighted by Gasteiger charge is 2.67. The number of methoxy groups -OCH3 is 1. The van der Waals surface area contributed by atoms with Crippen LogP contribution in [0.2, 0.25) is 0 Å². The summed E-state index contributed by atoms with van der Waals surface area (Å²) in [6, 6.07) is 12.4. The molecule has 2 bridgehead atoms. The van der Waals surface area contributed by atoms with Crippen molar-refractivity contribution in [3.63, 3.8) is 0 Å². The molecule has 166 valence electrons. The molecule has 3 fully saturated rings. The van der Waals surface area contributed by atoms with Crippen molar-refractivity contribution in [3.05, 3.63) is 71.8 Å². The SMILES string of the molecule is COC(=O)c1ccc(OC(=O)c2ccc(N3C(=O)[C@@H]4[C@H]5C=C[C@H]([C@H]6C[C@H]56)[C@@H]4C3=O)cc2)cc1. The predicted molar refractivity (Wildman–Crippen MR) is 116 cm³/mol. The van der Waals surface area contributed by atoms with E-state index in [2.05, 4.69) is 16.9 Å². The molecule has 7 heteroatoms. The van der Waals surface area contributed by atoms with Gasteiger partial charge in [0.2, 0.25) is 11.8 Å². The summed E-state index contributed by atoms with van der Waals surface area (Å²) in [4.78, 5) is 51.7. The van der Waals surface area contributed by atoms with Crippen LogP contribution in [0.5, 0.6) is 5.75 Å². The van der Waals surface area contributed by atoms with Gasteiger partial charge in [0.1, 0.15) is 5.75 Å². The minimum atomic E-state index is -0.581. The van der Waals surface area contributed by atoms with Crippen LogP contribution in [0.25, 0.3) is 0 Å². The van der Waals surface area contributed by atoms with Crippen LogP contribution in [0.3, 0.4) is 0 Å². The van der Waals surface area contributed by atoms with E-state index in [0.29, 0.717) is 23.1 Å². The Labute approximate surface area is 190 Å². The number of rotatable bonds is 4. The van der Waals surface area contributed by atoms with Crippen molar-refractivity contribution in [3.8, 4) is 5.75 Å². The van der Waals surface area contributed by atoms with Crippen molar-refractivity contribution in [2.45, 2.75) is 6.42 Å². The average Bonchev–Trinajstić information content (AvgIpc) is 3.62. The first kappa shape index (κ1) is 19.9. The monoisotopic (exact) mass is 443 g/mol. The third-order valence-electron chi connectivity index (χ3n) is 7.51. The van der Waals surface area contributed by atoms with E-state index in [-0.39, 0.29) is 46.8 Å². The van der Waals surface area contributed by atoms with Gasteiger partial charge in [0.25, 0.3) is 0 Å². The summed E-state index contributed by atoms with van der Waals surface area (Å²) in [5.74, 6) is -0.0925. The molecule has 0 unspecified atom stereocenters. The summed E-state index contributed by atoms with van der Waals surface area (Å²) in [6.07, 6.45) is 5.41. The Balaban J connectivity index is 1.18. The third kappa shape index (κ3) is 2.95. The second-order valence-electron chi connectivity index (χ2n) is 9.12. The van der Waals surface area contributed by atoms with Crippen molar-refractivity contribution >= 4 is 29.4 Å². The van der Waals surface area contributed by atoms with E-state index in [4.69, 9.17) is 4.74 Å². The van der Waals surface area contributed by atoms with Crippen molar-refractivity contribution in [1.82, 2.24) is 0 Å². The van der Waals surface area contributed by atoms with Gasteiger partial charge >= 0.3 is 11.9 Å². The molecule has 0 N–H and O–H groups in total. The number of benzene rings is 2. The lowest BCUT2D eigenvalue weighted by Gasteiger charge is -2.37. The predicted octanol–water partition coefficient (Wildman–Crippen LogP) is 3.25. The fraction of sp³-hybridized carbons (Fsp3) is 0.308. The summed E-state index contributed by atoms with van der Waals surface area (Å²) < 4.78 is 10.0. The molecule has 0 spiro atoms. The number of carbonyl (C=O) groups is 4. The number of imide groups is 1. The maximum atomic E-state index is 13.2. The van der Waals surface area contributed by atoms with Gasteiger partial charge in [-0.1, -0.05) is 12.2 Å². The number of amides is 2. The molecule has 7 nitrogen and oxygen atoms in total. The summed E-state index contributed by atoms with van der Waals surface area (Å²) in [7, 11) is 1.29. The van der Waals surface area contributed by atoms with Gasteiger partial charge in [-0.25, -0.2) is 9.59 Å². The van der Waals surface area contributed by atoms with Crippen molar-refractivity contribution in [2.75, 3.05) is 12.0 Å². The van der Waals surface area contributed by atoms with Gasteiger partial charge in [-0.2, -0.15) is 0 Å². The van der Waals surface area contributed by atoms with Crippen molar-refractivity contribution in [2.24, 2.45) is 35.5 Å². The summed E-state index contributed by atoms with van der Waals surface area (Å²) in [6.45, 7) is 0. The topological polar surface area (TPSA) is 90.0 Å². The second-order valence-corrected chi connectivity index (χ2v) is 9.12. The molecule has 2 aromatic carbocycles. The highest BCUT2D eigenvalue weighted by Crippen LogP contribution is 2.65. The maximum Gasteiger partial charge on any atom is 0.343 e. The minimum absolute atomic E-state index is 0.129. The molecule has 33 heavy (non-hydrogen) atoms. The van der Waals surface area contributed by atoms with Crippen LogP contribution in [0.4, 0.5) is 5.69 Å². The van der Waals surface area contributed by atoms with Crippen LogP contribution in [0, 0.1) is 35.5 Å². The molecule has 0 aromatic heterocycles. The van der Waals surface area contributed by atoms with Gasteiger partial charge in [0, 0.05) is 0 Å². The Hall–Kier alpha value is -3.74. The largest absolute Gasteiger partial charge is 0.465 e. The van der Waals surface area contributed by atoms with E-state index < -0.39 is 11.9 Å². The highest BCUT2D eigenvalue weighted by molar-refractivity contribution is 6.22. The molecule has 2 aromatic rings. The molecule has 5 aliphatic rings. The molecular weight excluding hydrogens is 422 g/mol. The van der Waals surface area contributed by atoms with Crippen LogP contribution in [-0.2, 0) is 14.3 Å². The fourth-order valence-electron chi connectivity index (χ4n) is 5.90. The lowest BCUT2D eigenvalue weighted by molar-refractivity contribution is -0.124. The first-order valence-electron chi connectivity index (χ1n) is 11.0. The number of esters is 2. The van der Waals surface area contributed by atoms with Gasteiger partial charge in [0.05, 0.1) is 35.8 Å². The molecule has 0 radical (unpaired) electrons. The molecule has 2 amide bonds. The Kier molecular flexibility index (Phi) is 4.30. The second kappa shape index (κ2) is 7.13. The maximum absolute atomic E-state index is 13.2. The van der Waals surface area contributed by atoms with Gasteiger partial charge in [-0.05, 0) is 78.6 Å². The van der Waals surface area contributed by atoms with E-state index in [1.54, 1.807) is 24.3 Å². The zero-order valence-corrected chi connectivity index (χ0v) is 17.8. The smallest absolute Gasteiger partial charge is 0.343 e. The van der Waals surface area contributed by atoms with Crippen LogP contribution in [0.15, 0.2) is 60.7 Å². The van der Waals surface area contributed by atoms with Crippen molar-refractivity contribution < 1.29 is 28.7 Å². The standard InChI is InChI=1S/C26H21NO6/c1-32-25(30)13-4-8-16(9-5-13)33-26(31)14-2-6-15(7-3-14)27-23(28)21-17-10-11-18(20-12-19(17)20)22(21)24(27)29/h2-11,17-22H,12H2,1H3/t17-,18+,19-,20-,21+,22-/m1/s1. The number of nitrogens with zero attached hydrogens (tertiary/aromatic N) is 1. The van der Waals surface area contributed by atoms with Gasteiger partial charge in [-0.15, -0.1) is 0 Å². The lowest BCUT2D eigenvalue weighted by atomic mass is 9.63. The zero-order valence-electron chi connectivity index (χ0n) is 17.8. The van der Waals surface area contributed by atoms with Crippen LogP contribution >= 0.6 is 0 Å². The number of ether oxygens (including phenoxy) is 2. The van der Waals surface area contributed by atoms with Gasteiger partial charge in [-0.3, -0.25) is 14.5 Å². The first-order valence-corrected chi connectivity index (χ1v) is 11.0. The number of carbonyl (C=O) groups excluding carboxylic acids is 4. The molecule has 1 saturated heterocycles. The van der Waals surface area contributed by atoms with Gasteiger partial charge < -0.3 is 9.47 Å². The number of hydrogen-bond donors (Lipinski definition) is 0. The quantitative estimate of drug-likeness (QED) is 0.312. The minimum Gasteiger partial charge on any atom is -0.465 e. The summed E-state index contributed by atoms with van der Waals surface area (Å²) in [5.41, 5.74) is 1.12. The molecule has 6 atom stereocenters. The Morgan fingerprint density at radius 1 is 0.788 bits per heavy atom. The van der Waals surface area contributed by atoms with Crippen molar-refractivity contribution in [1.29, 1.82) is 0 Å². The van der Waals surface area contributed by atoms with E-state index >= 15 is 0 Å². The van der Waals surface area contributed by atoms with Crippen LogP contribution in [-0.4, -0.2) is 30.9 Å². The average molecular weight is 443 g/mol. The third-order valence-corrected chi connectivity index (χ3v) is 7.51. The molecule has 2 saturated carbocycles. The fourth-order valence-corrected chi connectivity index (χ4v) is 5.90. The van der Waals surface area contributed by atoms with Gasteiger partial charge in [0.15, 0.2) is 0 Å². The van der Waals surface area contributed by atoms with E-state index in [1.807, 2.05) is 0 Å². The number of hydrogen-bond acceptors (Lipinski definition) is 6. The molecule has 4 aliphatic carbocycles. The molecule has 7 rings (SSSR count). The Morgan fingerprint density at radius 3 is 1.85 bits per heavy atom. The summed E-state index contributed by atoms with van der Waals surface area (Å²) in [5, 5.41) is 0. The zero-order chi connectivity index (χ0) is 22.9. The molecular formula is C26H21NO6. The highest BCUT2D eigenvalue weighted by atomic mass is 16.5. The normalized spacial score (nSPS) is 30.6. The number of allylic oxidation sites excluding steroid dienone is 2. The van der Waals surface area contributed by atoms with Crippen LogP contribution < -0.4 is 9.64 Å². The Bertz CT molecular complexity index is 1180. The van der Waals surface area contributed by atoms with Crippen LogP contribution in [0.1, 0.15) is 27.1 Å². The molecule has 1 heterocycles. The number of anilines is 1. The van der Waals surface area contributed by atoms with E-state index in [9.17, 15) is 19.2 Å². The van der Waals surface area contributed by atoms with E-state index in [1.165, 1.54) is 36.3 Å². The van der Waals surface area contributed by atoms with E-state index in [0.717, 1.165) is 6.42 Å². The summed E-state index contributed by atoms with van der Waals surface area (Å²) >= 11 is 0. The Morgan fingerprint density at radius 2 is 1.30 bits per heavy atom.